The summed E-state index contributed by atoms with van der Waals surface area (Å²) in [6, 6.07) is 0. The van der Waals surface area contributed by atoms with E-state index in [1.807, 2.05) is 7.05 Å². The number of ether oxygens (including phenoxy) is 1. The number of rotatable bonds is 10. The molecule has 0 amide bonds. The van der Waals surface area contributed by atoms with Crippen LogP contribution in [0.15, 0.2) is 0 Å². The fourth-order valence-electron chi connectivity index (χ4n) is 2.07. The molecule has 0 aliphatic rings. The smallest absolute Gasteiger partial charge is 0.134 e. The zero-order chi connectivity index (χ0) is 14.8. The standard InChI is InChI=1S/C15H28N4O/c1-5-9-13-18-14(16-3)12(2)15(19-13)17-10-7-6-8-11-20-4/h5-11H2,1-4H3,(H2,16,17,18,19). The molecule has 0 spiro atoms. The Morgan fingerprint density at radius 3 is 2.50 bits per heavy atom. The van der Waals surface area contributed by atoms with E-state index < -0.39 is 0 Å². The monoisotopic (exact) mass is 280 g/mol. The maximum Gasteiger partial charge on any atom is 0.134 e. The number of nitrogens with zero attached hydrogens (tertiary/aromatic N) is 2. The van der Waals surface area contributed by atoms with Crippen LogP contribution in [0.3, 0.4) is 0 Å². The SMILES string of the molecule is CCCc1nc(NC)c(C)c(NCCCCCOC)n1. The molecule has 114 valence electrons. The maximum atomic E-state index is 5.05. The van der Waals surface area contributed by atoms with Gasteiger partial charge in [-0.15, -0.1) is 0 Å². The lowest BCUT2D eigenvalue weighted by atomic mass is 10.2. The largest absolute Gasteiger partial charge is 0.385 e. The minimum absolute atomic E-state index is 0.844. The number of aryl methyl sites for hydroxylation is 1. The third-order valence-electron chi connectivity index (χ3n) is 3.22. The van der Waals surface area contributed by atoms with Crippen LogP contribution >= 0.6 is 0 Å². The van der Waals surface area contributed by atoms with Crippen molar-refractivity contribution in [1.29, 1.82) is 0 Å². The molecule has 0 saturated heterocycles. The molecule has 5 heteroatoms. The fraction of sp³-hybridized carbons (Fsp3) is 0.733. The molecule has 0 aliphatic carbocycles. The van der Waals surface area contributed by atoms with Crippen molar-refractivity contribution in [2.45, 2.75) is 46.0 Å². The summed E-state index contributed by atoms with van der Waals surface area (Å²) >= 11 is 0. The Kier molecular flexibility index (Phi) is 7.95. The zero-order valence-electron chi connectivity index (χ0n) is 13.3. The van der Waals surface area contributed by atoms with E-state index in [1.165, 1.54) is 6.42 Å². The first-order chi connectivity index (χ1) is 9.72. The highest BCUT2D eigenvalue weighted by molar-refractivity contribution is 5.56. The Bertz CT molecular complexity index is 396. The van der Waals surface area contributed by atoms with E-state index in [2.05, 4.69) is 34.4 Å². The van der Waals surface area contributed by atoms with Crippen molar-refractivity contribution in [1.82, 2.24) is 9.97 Å². The van der Waals surface area contributed by atoms with Crippen LogP contribution in [-0.2, 0) is 11.2 Å². The fourth-order valence-corrected chi connectivity index (χ4v) is 2.07. The molecule has 1 heterocycles. The highest BCUT2D eigenvalue weighted by Gasteiger charge is 2.09. The van der Waals surface area contributed by atoms with Crippen molar-refractivity contribution in [3.63, 3.8) is 0 Å². The van der Waals surface area contributed by atoms with Crippen LogP contribution in [0, 0.1) is 6.92 Å². The highest BCUT2D eigenvalue weighted by atomic mass is 16.5. The van der Waals surface area contributed by atoms with Crippen LogP contribution in [0.2, 0.25) is 0 Å². The molecule has 1 aromatic rings. The predicted octanol–water partition coefficient (Wildman–Crippen LogP) is 3.01. The highest BCUT2D eigenvalue weighted by Crippen LogP contribution is 2.20. The van der Waals surface area contributed by atoms with Gasteiger partial charge in [-0.25, -0.2) is 9.97 Å². The average molecular weight is 280 g/mol. The molecule has 1 rings (SSSR count). The third kappa shape index (κ3) is 5.33. The molecule has 0 radical (unpaired) electrons. The van der Waals surface area contributed by atoms with Crippen molar-refractivity contribution in [3.05, 3.63) is 11.4 Å². The van der Waals surface area contributed by atoms with Crippen molar-refractivity contribution in [2.24, 2.45) is 0 Å². The van der Waals surface area contributed by atoms with Crippen molar-refractivity contribution < 1.29 is 4.74 Å². The van der Waals surface area contributed by atoms with Gasteiger partial charge >= 0.3 is 0 Å². The summed E-state index contributed by atoms with van der Waals surface area (Å²) in [4.78, 5) is 9.15. The Labute approximate surface area is 122 Å². The number of nitrogens with one attached hydrogen (secondary N) is 2. The first-order valence-corrected chi connectivity index (χ1v) is 7.51. The number of hydrogen-bond acceptors (Lipinski definition) is 5. The van der Waals surface area contributed by atoms with E-state index in [4.69, 9.17) is 4.74 Å². The first-order valence-electron chi connectivity index (χ1n) is 7.51. The van der Waals surface area contributed by atoms with E-state index in [0.29, 0.717) is 0 Å². The molecule has 0 saturated carbocycles. The summed E-state index contributed by atoms with van der Waals surface area (Å²) < 4.78 is 5.05. The second kappa shape index (κ2) is 9.53. The van der Waals surface area contributed by atoms with Gasteiger partial charge < -0.3 is 15.4 Å². The normalized spacial score (nSPS) is 10.6. The average Bonchev–Trinajstić information content (AvgIpc) is 2.45. The summed E-state index contributed by atoms with van der Waals surface area (Å²) in [5, 5.41) is 6.58. The molecular weight excluding hydrogens is 252 g/mol. The quantitative estimate of drug-likeness (QED) is 0.645. The lowest BCUT2D eigenvalue weighted by Crippen LogP contribution is -2.11. The van der Waals surface area contributed by atoms with E-state index >= 15 is 0 Å². The van der Waals surface area contributed by atoms with Gasteiger partial charge in [0.25, 0.3) is 0 Å². The van der Waals surface area contributed by atoms with Crippen LogP contribution in [0.5, 0.6) is 0 Å². The number of unbranched alkanes of at least 4 members (excludes halogenated alkanes) is 2. The van der Waals surface area contributed by atoms with Crippen LogP contribution in [-0.4, -0.2) is 37.3 Å². The zero-order valence-corrected chi connectivity index (χ0v) is 13.3. The van der Waals surface area contributed by atoms with Crippen LogP contribution in [0.25, 0.3) is 0 Å². The molecule has 0 aliphatic heterocycles. The Morgan fingerprint density at radius 2 is 1.85 bits per heavy atom. The van der Waals surface area contributed by atoms with E-state index in [-0.39, 0.29) is 0 Å². The Hall–Kier alpha value is -1.36. The number of anilines is 2. The van der Waals surface area contributed by atoms with Gasteiger partial charge in [-0.3, -0.25) is 0 Å². The van der Waals surface area contributed by atoms with Gasteiger partial charge in [-0.05, 0) is 32.6 Å². The molecule has 20 heavy (non-hydrogen) atoms. The number of aromatic nitrogens is 2. The maximum absolute atomic E-state index is 5.05. The Morgan fingerprint density at radius 1 is 1.10 bits per heavy atom. The molecule has 0 bridgehead atoms. The number of hydrogen-bond donors (Lipinski definition) is 2. The molecule has 5 nitrogen and oxygen atoms in total. The van der Waals surface area contributed by atoms with E-state index in [9.17, 15) is 0 Å². The Balaban J connectivity index is 2.56. The predicted molar refractivity (Wildman–Crippen MR) is 84.5 cm³/mol. The van der Waals surface area contributed by atoms with Crippen LogP contribution < -0.4 is 10.6 Å². The van der Waals surface area contributed by atoms with Crippen LogP contribution in [0.4, 0.5) is 11.6 Å². The molecule has 0 unspecified atom stereocenters. The summed E-state index contributed by atoms with van der Waals surface area (Å²) in [5.41, 5.74) is 1.09. The lowest BCUT2D eigenvalue weighted by Gasteiger charge is -2.13. The third-order valence-corrected chi connectivity index (χ3v) is 3.22. The van der Waals surface area contributed by atoms with Crippen molar-refractivity contribution >= 4 is 11.6 Å². The van der Waals surface area contributed by atoms with Gasteiger partial charge in [-0.1, -0.05) is 6.92 Å². The topological polar surface area (TPSA) is 59.1 Å². The van der Waals surface area contributed by atoms with Gasteiger partial charge in [-0.2, -0.15) is 0 Å². The summed E-state index contributed by atoms with van der Waals surface area (Å²) in [5.74, 6) is 2.79. The van der Waals surface area contributed by atoms with Crippen LogP contribution in [0.1, 0.15) is 44.0 Å². The summed E-state index contributed by atoms with van der Waals surface area (Å²) in [6.45, 7) is 5.98. The van der Waals surface area contributed by atoms with E-state index in [1.54, 1.807) is 7.11 Å². The van der Waals surface area contributed by atoms with Gasteiger partial charge in [0.2, 0.25) is 0 Å². The molecule has 0 aromatic carbocycles. The molecule has 0 fully saturated rings. The van der Waals surface area contributed by atoms with Crippen molar-refractivity contribution in [2.75, 3.05) is 37.9 Å². The van der Waals surface area contributed by atoms with Gasteiger partial charge in [0, 0.05) is 39.3 Å². The van der Waals surface area contributed by atoms with Gasteiger partial charge in [0.15, 0.2) is 0 Å². The number of methoxy groups -OCH3 is 1. The van der Waals surface area contributed by atoms with Crippen molar-refractivity contribution in [3.8, 4) is 0 Å². The molecule has 1 aromatic heterocycles. The first kappa shape index (κ1) is 16.7. The molecular formula is C15H28N4O. The molecule has 2 N–H and O–H groups in total. The second-order valence-electron chi connectivity index (χ2n) is 4.94. The van der Waals surface area contributed by atoms with Gasteiger partial charge in [0.1, 0.15) is 17.5 Å². The van der Waals surface area contributed by atoms with Gasteiger partial charge in [0.05, 0.1) is 0 Å². The summed E-state index contributed by atoms with van der Waals surface area (Å²) in [6.07, 6.45) is 5.39. The lowest BCUT2D eigenvalue weighted by molar-refractivity contribution is 0.192. The summed E-state index contributed by atoms with van der Waals surface area (Å²) in [7, 11) is 3.65. The minimum Gasteiger partial charge on any atom is -0.385 e. The molecule has 0 atom stereocenters. The van der Waals surface area contributed by atoms with E-state index in [0.717, 1.165) is 61.9 Å². The minimum atomic E-state index is 0.844. The second-order valence-corrected chi connectivity index (χ2v) is 4.94.